The zero-order valence-corrected chi connectivity index (χ0v) is 15.5. The third kappa shape index (κ3) is 5.22. The molecule has 28 heavy (non-hydrogen) atoms. The lowest BCUT2D eigenvalue weighted by molar-refractivity contribution is -0.201. The van der Waals surface area contributed by atoms with Gasteiger partial charge in [0.1, 0.15) is 0 Å². The van der Waals surface area contributed by atoms with Crippen molar-refractivity contribution in [2.45, 2.75) is 39.5 Å². The van der Waals surface area contributed by atoms with Crippen LogP contribution in [0.4, 0.5) is 0 Å². The highest BCUT2D eigenvalue weighted by molar-refractivity contribution is 6.02. The smallest absolute Gasteiger partial charge is 0.359 e. The number of imide groups is 2. The molecule has 0 aromatic rings. The molecule has 2 aliphatic rings. The van der Waals surface area contributed by atoms with Crippen molar-refractivity contribution in [2.75, 3.05) is 13.2 Å². The molecule has 2 aliphatic heterocycles. The molecule has 0 saturated carbocycles. The minimum Gasteiger partial charge on any atom is -0.376 e. The van der Waals surface area contributed by atoms with Crippen molar-refractivity contribution >= 4 is 35.6 Å². The van der Waals surface area contributed by atoms with Crippen LogP contribution in [0.1, 0.15) is 41.0 Å². The van der Waals surface area contributed by atoms with Gasteiger partial charge in [0.25, 0.3) is 23.6 Å². The van der Waals surface area contributed by atoms with Gasteiger partial charge in [-0.15, -0.1) is 10.1 Å². The molecule has 0 aliphatic carbocycles. The summed E-state index contributed by atoms with van der Waals surface area (Å²) in [5.74, 6) is -4.73. The van der Waals surface area contributed by atoms with E-state index < -0.39 is 41.5 Å². The highest BCUT2D eigenvalue weighted by Crippen LogP contribution is 2.15. The van der Waals surface area contributed by atoms with Gasteiger partial charge in [-0.2, -0.15) is 0 Å². The molecule has 2 rings (SSSR count). The zero-order chi connectivity index (χ0) is 20.8. The van der Waals surface area contributed by atoms with Crippen LogP contribution in [0.15, 0.2) is 11.6 Å². The number of rotatable bonds is 8. The second-order valence-corrected chi connectivity index (χ2v) is 6.28. The summed E-state index contributed by atoms with van der Waals surface area (Å²) in [5, 5.41) is 0.902. The number of ether oxygens (including phenoxy) is 1. The number of hydrogen-bond acceptors (Lipinski definition) is 9. The number of nitrogens with zero attached hydrogens (tertiary/aromatic N) is 2. The van der Waals surface area contributed by atoms with Gasteiger partial charge in [-0.1, -0.05) is 0 Å². The normalized spacial score (nSPS) is 18.7. The molecule has 0 spiro atoms. The molecule has 0 aromatic carbocycles. The van der Waals surface area contributed by atoms with Gasteiger partial charge in [-0.05, 0) is 19.9 Å². The molecule has 1 atom stereocenters. The Balaban J connectivity index is 0.00000420. The van der Waals surface area contributed by atoms with Gasteiger partial charge < -0.3 is 14.4 Å². The highest BCUT2D eigenvalue weighted by Gasteiger charge is 2.34. The highest BCUT2D eigenvalue weighted by atomic mass is 16.7. The second kappa shape index (κ2) is 9.22. The first-order valence-electron chi connectivity index (χ1n) is 8.61. The van der Waals surface area contributed by atoms with Gasteiger partial charge in [0.05, 0.1) is 19.1 Å². The van der Waals surface area contributed by atoms with Crippen LogP contribution in [0.5, 0.6) is 0 Å². The maximum absolute atomic E-state index is 11.9. The van der Waals surface area contributed by atoms with E-state index in [0.29, 0.717) is 10.1 Å². The minimum absolute atomic E-state index is 0. The van der Waals surface area contributed by atoms with E-state index in [9.17, 15) is 28.8 Å². The predicted octanol–water partition coefficient (Wildman–Crippen LogP) is 0.0458. The molecule has 4 amide bonds. The van der Waals surface area contributed by atoms with E-state index in [2.05, 4.69) is 0 Å². The standard InChI is InChI=1S/C17H20N2O9.H2/c1-10(16(24)27-18-12(20)3-4-13(18)21)7-8-26-9-11(2)17(25)28-19-14(22)5-6-15(19)23;/h7,11H,3-6,8-9H2,1-2H3;1H/b10-7+;. The Kier molecular flexibility index (Phi) is 6.99. The average molecular weight is 398 g/mol. The van der Waals surface area contributed by atoms with E-state index in [1.807, 2.05) is 0 Å². The molecule has 0 aromatic heterocycles. The van der Waals surface area contributed by atoms with Crippen molar-refractivity contribution in [1.29, 1.82) is 0 Å². The Morgan fingerprint density at radius 3 is 1.93 bits per heavy atom. The SMILES string of the molecule is C/C(=C\COCC(C)C(=O)ON1C(=O)CCC1=O)C(=O)ON1C(=O)CCC1=O.[HH]. The van der Waals surface area contributed by atoms with E-state index in [4.69, 9.17) is 14.4 Å². The maximum Gasteiger partial charge on any atom is 0.359 e. The topological polar surface area (TPSA) is 137 Å². The summed E-state index contributed by atoms with van der Waals surface area (Å²) in [7, 11) is 0. The summed E-state index contributed by atoms with van der Waals surface area (Å²) in [6.07, 6.45) is 1.37. The molecule has 11 nitrogen and oxygen atoms in total. The Morgan fingerprint density at radius 1 is 0.964 bits per heavy atom. The van der Waals surface area contributed by atoms with Gasteiger partial charge >= 0.3 is 11.9 Å². The molecule has 1 unspecified atom stereocenters. The van der Waals surface area contributed by atoms with E-state index in [-0.39, 0.29) is 45.9 Å². The van der Waals surface area contributed by atoms with E-state index in [1.54, 1.807) is 0 Å². The lowest BCUT2D eigenvalue weighted by atomic mass is 10.2. The van der Waals surface area contributed by atoms with E-state index in [0.717, 1.165) is 0 Å². The van der Waals surface area contributed by atoms with E-state index in [1.165, 1.54) is 19.9 Å². The summed E-state index contributed by atoms with van der Waals surface area (Å²) >= 11 is 0. The lowest BCUT2D eigenvalue weighted by Gasteiger charge is -2.16. The summed E-state index contributed by atoms with van der Waals surface area (Å²) < 4.78 is 5.25. The van der Waals surface area contributed by atoms with Gasteiger partial charge in [0.2, 0.25) is 0 Å². The van der Waals surface area contributed by atoms with Crippen molar-refractivity contribution in [3.05, 3.63) is 11.6 Å². The molecule has 2 saturated heterocycles. The first kappa shape index (κ1) is 21.2. The van der Waals surface area contributed by atoms with Gasteiger partial charge in [0.15, 0.2) is 0 Å². The van der Waals surface area contributed by atoms with E-state index >= 15 is 0 Å². The van der Waals surface area contributed by atoms with Crippen LogP contribution in [0.2, 0.25) is 0 Å². The Bertz CT molecular complexity index is 717. The molecule has 0 radical (unpaired) electrons. The fourth-order valence-electron chi connectivity index (χ4n) is 2.23. The summed E-state index contributed by atoms with van der Waals surface area (Å²) in [5.41, 5.74) is 0.107. The maximum atomic E-state index is 11.9. The number of carbonyl (C=O) groups excluding carboxylic acids is 6. The van der Waals surface area contributed by atoms with Crippen LogP contribution in [0.3, 0.4) is 0 Å². The predicted molar refractivity (Wildman–Crippen MR) is 90.2 cm³/mol. The Hall–Kier alpha value is -3.08. The van der Waals surface area contributed by atoms with Crippen molar-refractivity contribution < 1.29 is 44.6 Å². The van der Waals surface area contributed by atoms with Crippen LogP contribution >= 0.6 is 0 Å². The lowest BCUT2D eigenvalue weighted by Crippen LogP contribution is -2.35. The second-order valence-electron chi connectivity index (χ2n) is 6.28. The first-order chi connectivity index (χ1) is 13.2. The summed E-state index contributed by atoms with van der Waals surface area (Å²) in [6, 6.07) is 0. The first-order valence-corrected chi connectivity index (χ1v) is 8.61. The van der Waals surface area contributed by atoms with Crippen molar-refractivity contribution in [1.82, 2.24) is 10.1 Å². The third-order valence-electron chi connectivity index (χ3n) is 3.97. The molecular formula is C17H22N2O9. The molecule has 154 valence electrons. The Morgan fingerprint density at radius 2 is 1.43 bits per heavy atom. The number of amides is 4. The molecule has 2 fully saturated rings. The number of carbonyl (C=O) groups is 6. The third-order valence-corrected chi connectivity index (χ3v) is 3.97. The number of hydrogen-bond donors (Lipinski definition) is 0. The van der Waals surface area contributed by atoms with Crippen LogP contribution in [0.25, 0.3) is 0 Å². The molecule has 0 bridgehead atoms. The molecule has 11 heteroatoms. The summed E-state index contributed by atoms with van der Waals surface area (Å²) in [6.45, 7) is 2.76. The van der Waals surface area contributed by atoms with Crippen molar-refractivity contribution in [2.24, 2.45) is 5.92 Å². The average Bonchev–Trinajstić information content (AvgIpc) is 3.14. The van der Waals surface area contributed by atoms with Crippen LogP contribution in [-0.4, -0.2) is 58.9 Å². The fraction of sp³-hybridized carbons (Fsp3) is 0.529. The van der Waals surface area contributed by atoms with Crippen LogP contribution in [-0.2, 0) is 43.2 Å². The van der Waals surface area contributed by atoms with Crippen LogP contribution in [0, 0.1) is 5.92 Å². The monoisotopic (exact) mass is 398 g/mol. The van der Waals surface area contributed by atoms with Gasteiger partial charge in [0, 0.05) is 32.7 Å². The number of hydroxylamine groups is 4. The van der Waals surface area contributed by atoms with Crippen molar-refractivity contribution in [3.63, 3.8) is 0 Å². The minimum atomic E-state index is -0.870. The fourth-order valence-corrected chi connectivity index (χ4v) is 2.23. The van der Waals surface area contributed by atoms with Gasteiger partial charge in [-0.25, -0.2) is 9.59 Å². The Labute approximate surface area is 161 Å². The molecule has 0 N–H and O–H groups in total. The summed E-state index contributed by atoms with van der Waals surface area (Å²) in [4.78, 5) is 78.8. The quantitative estimate of drug-likeness (QED) is 0.315. The molecule has 2 heterocycles. The van der Waals surface area contributed by atoms with Gasteiger partial charge in [-0.3, -0.25) is 19.2 Å². The van der Waals surface area contributed by atoms with Crippen LogP contribution < -0.4 is 0 Å². The van der Waals surface area contributed by atoms with Crippen molar-refractivity contribution in [3.8, 4) is 0 Å². The largest absolute Gasteiger partial charge is 0.376 e. The zero-order valence-electron chi connectivity index (χ0n) is 15.5. The molecular weight excluding hydrogens is 376 g/mol.